The van der Waals surface area contributed by atoms with E-state index >= 15 is 0 Å². The Balaban J connectivity index is 1.53. The number of aliphatic hydroxyl groups is 1. The van der Waals surface area contributed by atoms with Crippen LogP contribution in [0.2, 0.25) is 0 Å². The number of benzene rings is 1. The van der Waals surface area contributed by atoms with E-state index in [4.69, 9.17) is 4.74 Å². The van der Waals surface area contributed by atoms with E-state index in [2.05, 4.69) is 52.1 Å². The molecule has 1 aliphatic heterocycles. The number of imide groups is 1. The monoisotopic (exact) mass is 416 g/mol. The molecule has 2 aliphatic rings. The van der Waals surface area contributed by atoms with Crippen molar-refractivity contribution in [3.05, 3.63) is 29.8 Å². The van der Waals surface area contributed by atoms with Crippen LogP contribution in [0.3, 0.4) is 0 Å². The summed E-state index contributed by atoms with van der Waals surface area (Å²) in [5.41, 5.74) is 0.786. The number of nitrogens with zero attached hydrogens (tertiary/aromatic N) is 1. The van der Waals surface area contributed by atoms with Gasteiger partial charge in [-0.2, -0.15) is 0 Å². The van der Waals surface area contributed by atoms with Gasteiger partial charge in [0.15, 0.2) is 0 Å². The zero-order chi connectivity index (χ0) is 22.2. The molecule has 166 valence electrons. The Bertz CT molecular complexity index is 773. The van der Waals surface area contributed by atoms with Crippen LogP contribution in [0, 0.1) is 5.41 Å². The number of aliphatic hydroxyl groups excluding tert-OH is 1. The van der Waals surface area contributed by atoms with Crippen molar-refractivity contribution in [2.24, 2.45) is 5.41 Å². The molecule has 1 aliphatic carbocycles. The molecule has 3 rings (SSSR count). The van der Waals surface area contributed by atoms with E-state index in [1.165, 1.54) is 5.56 Å². The second-order valence-electron chi connectivity index (χ2n) is 10.7. The minimum absolute atomic E-state index is 0.0226. The number of nitrogens with one attached hydrogen (secondary N) is 1. The molecule has 2 N–H and O–H groups in total. The maximum absolute atomic E-state index is 12.7. The first-order valence-electron chi connectivity index (χ1n) is 11.0. The average Bonchev–Trinajstić information content (AvgIpc) is 3.19. The fourth-order valence-electron chi connectivity index (χ4n) is 5.05. The Morgan fingerprint density at radius 1 is 1.10 bits per heavy atom. The summed E-state index contributed by atoms with van der Waals surface area (Å²) >= 11 is 0. The third-order valence-electron chi connectivity index (χ3n) is 6.15. The quantitative estimate of drug-likeness (QED) is 0.659. The molecule has 1 unspecified atom stereocenters. The number of amides is 3. The van der Waals surface area contributed by atoms with Gasteiger partial charge in [0.1, 0.15) is 24.0 Å². The van der Waals surface area contributed by atoms with E-state index in [-0.39, 0.29) is 29.9 Å². The summed E-state index contributed by atoms with van der Waals surface area (Å²) < 4.78 is 5.71. The van der Waals surface area contributed by atoms with Gasteiger partial charge in [-0.3, -0.25) is 9.69 Å². The van der Waals surface area contributed by atoms with Crippen molar-refractivity contribution in [3.8, 4) is 5.75 Å². The number of urea groups is 1. The van der Waals surface area contributed by atoms with Crippen molar-refractivity contribution in [2.75, 3.05) is 13.2 Å². The van der Waals surface area contributed by atoms with E-state index in [0.717, 1.165) is 24.2 Å². The van der Waals surface area contributed by atoms with Crippen LogP contribution in [0.15, 0.2) is 24.3 Å². The van der Waals surface area contributed by atoms with Crippen LogP contribution in [0.1, 0.15) is 72.3 Å². The van der Waals surface area contributed by atoms with E-state index in [9.17, 15) is 14.7 Å². The lowest BCUT2D eigenvalue weighted by molar-refractivity contribution is -0.132. The van der Waals surface area contributed by atoms with Crippen molar-refractivity contribution in [1.29, 1.82) is 0 Å². The summed E-state index contributed by atoms with van der Waals surface area (Å²) in [5.74, 6) is 0.448. The van der Waals surface area contributed by atoms with Crippen LogP contribution < -0.4 is 10.1 Å². The Kier molecular flexibility index (Phi) is 6.19. The molecule has 1 spiro atoms. The van der Waals surface area contributed by atoms with Crippen molar-refractivity contribution in [2.45, 2.75) is 83.8 Å². The van der Waals surface area contributed by atoms with Gasteiger partial charge in [-0.15, -0.1) is 0 Å². The Morgan fingerprint density at radius 3 is 2.27 bits per heavy atom. The molecule has 0 aromatic heterocycles. The number of β-amino-alcohol motifs (C(OH)–C–C–N with tert-alkyl or cyclic N) is 1. The van der Waals surface area contributed by atoms with Crippen molar-refractivity contribution in [1.82, 2.24) is 10.2 Å². The first-order valence-corrected chi connectivity index (χ1v) is 11.0. The molecule has 6 nitrogen and oxygen atoms in total. The molecule has 1 aromatic rings. The molecule has 30 heavy (non-hydrogen) atoms. The van der Waals surface area contributed by atoms with Gasteiger partial charge in [0.25, 0.3) is 5.91 Å². The van der Waals surface area contributed by atoms with Crippen LogP contribution in [-0.2, 0) is 10.2 Å². The molecular weight excluding hydrogens is 380 g/mol. The highest BCUT2D eigenvalue weighted by Gasteiger charge is 2.52. The van der Waals surface area contributed by atoms with Gasteiger partial charge in [0.05, 0.1) is 6.54 Å². The molecule has 1 atom stereocenters. The fourth-order valence-corrected chi connectivity index (χ4v) is 5.05. The summed E-state index contributed by atoms with van der Waals surface area (Å²) in [4.78, 5) is 26.0. The largest absolute Gasteiger partial charge is 0.491 e. The second-order valence-corrected chi connectivity index (χ2v) is 10.7. The summed E-state index contributed by atoms with van der Waals surface area (Å²) in [7, 11) is 0. The summed E-state index contributed by atoms with van der Waals surface area (Å²) in [6.07, 6.45) is 3.36. The van der Waals surface area contributed by atoms with Crippen LogP contribution in [0.5, 0.6) is 5.75 Å². The van der Waals surface area contributed by atoms with Gasteiger partial charge in [0.2, 0.25) is 0 Å². The lowest BCUT2D eigenvalue weighted by Crippen LogP contribution is -2.45. The summed E-state index contributed by atoms with van der Waals surface area (Å²) in [6, 6.07) is 7.54. The first-order chi connectivity index (χ1) is 13.9. The lowest BCUT2D eigenvalue weighted by Gasteiger charge is -2.33. The molecule has 6 heteroatoms. The number of hydrogen-bond acceptors (Lipinski definition) is 4. The van der Waals surface area contributed by atoms with E-state index in [1.54, 1.807) is 0 Å². The first kappa shape index (κ1) is 22.6. The smallest absolute Gasteiger partial charge is 0.325 e. The lowest BCUT2D eigenvalue weighted by atomic mass is 9.72. The van der Waals surface area contributed by atoms with E-state index in [1.807, 2.05) is 12.1 Å². The third kappa shape index (κ3) is 4.97. The van der Waals surface area contributed by atoms with Gasteiger partial charge in [-0.25, -0.2) is 4.79 Å². The minimum atomic E-state index is -0.937. The summed E-state index contributed by atoms with van der Waals surface area (Å²) in [6.45, 7) is 11.2. The van der Waals surface area contributed by atoms with Crippen LogP contribution in [0.25, 0.3) is 0 Å². The molecule has 2 fully saturated rings. The number of carbonyl (C=O) groups excluding carboxylic acids is 2. The third-order valence-corrected chi connectivity index (χ3v) is 6.15. The molecule has 1 aromatic carbocycles. The number of hydrogen-bond donors (Lipinski definition) is 2. The predicted octanol–water partition coefficient (Wildman–Crippen LogP) is 4.00. The van der Waals surface area contributed by atoms with Crippen LogP contribution in [0.4, 0.5) is 4.79 Å². The number of ether oxygens (including phenoxy) is 1. The summed E-state index contributed by atoms with van der Waals surface area (Å²) in [5, 5.41) is 13.2. The Morgan fingerprint density at radius 2 is 1.70 bits per heavy atom. The standard InChI is InChI=1S/C24H36N2O4/c1-22(2,3)16-23(4,5)17-8-10-19(11-9-17)30-15-18(27)14-26-20(28)24(25-21(26)29)12-6-7-13-24/h8-11,18,27H,6-7,12-16H2,1-5H3,(H,25,29). The van der Waals surface area contributed by atoms with Crippen molar-refractivity contribution < 1.29 is 19.4 Å². The van der Waals surface area contributed by atoms with Gasteiger partial charge in [-0.1, -0.05) is 59.6 Å². The highest BCUT2D eigenvalue weighted by Crippen LogP contribution is 2.37. The highest BCUT2D eigenvalue weighted by molar-refractivity contribution is 6.07. The van der Waals surface area contributed by atoms with Gasteiger partial charge >= 0.3 is 6.03 Å². The van der Waals surface area contributed by atoms with Crippen molar-refractivity contribution >= 4 is 11.9 Å². The van der Waals surface area contributed by atoms with E-state index in [0.29, 0.717) is 18.6 Å². The molecule has 1 heterocycles. The van der Waals surface area contributed by atoms with Crippen LogP contribution in [-0.4, -0.2) is 46.7 Å². The van der Waals surface area contributed by atoms with Gasteiger partial charge < -0.3 is 15.2 Å². The molecule has 1 saturated heterocycles. The zero-order valence-electron chi connectivity index (χ0n) is 19.0. The molecular formula is C24H36N2O4. The number of rotatable bonds is 7. The maximum atomic E-state index is 12.7. The normalized spacial score (nSPS) is 20.0. The molecule has 1 saturated carbocycles. The average molecular weight is 417 g/mol. The highest BCUT2D eigenvalue weighted by atomic mass is 16.5. The predicted molar refractivity (Wildman–Crippen MR) is 116 cm³/mol. The SMILES string of the molecule is CC(C)(C)CC(C)(C)c1ccc(OCC(O)CN2C(=O)NC3(CCCC3)C2=O)cc1. The van der Waals surface area contributed by atoms with Crippen LogP contribution >= 0.6 is 0 Å². The second kappa shape index (κ2) is 8.22. The maximum Gasteiger partial charge on any atom is 0.325 e. The molecule has 3 amide bonds. The topological polar surface area (TPSA) is 78.9 Å². The number of carbonyl (C=O) groups is 2. The Hall–Kier alpha value is -2.08. The van der Waals surface area contributed by atoms with Crippen molar-refractivity contribution in [3.63, 3.8) is 0 Å². The Labute approximate surface area is 180 Å². The van der Waals surface area contributed by atoms with Gasteiger partial charge in [-0.05, 0) is 47.8 Å². The fraction of sp³-hybridized carbons (Fsp3) is 0.667. The molecule has 0 radical (unpaired) electrons. The van der Waals surface area contributed by atoms with Gasteiger partial charge in [0, 0.05) is 0 Å². The molecule has 0 bridgehead atoms. The zero-order valence-corrected chi connectivity index (χ0v) is 19.0. The van der Waals surface area contributed by atoms with E-state index < -0.39 is 17.7 Å². The minimum Gasteiger partial charge on any atom is -0.491 e.